The molecule has 0 bridgehead atoms. The fourth-order valence-electron chi connectivity index (χ4n) is 2.30. The lowest BCUT2D eigenvalue weighted by molar-refractivity contribution is 0.0860. The first kappa shape index (κ1) is 18.2. The summed E-state index contributed by atoms with van der Waals surface area (Å²) in [5.74, 6) is -1.89. The van der Waals surface area contributed by atoms with Crippen molar-refractivity contribution in [2.24, 2.45) is 4.99 Å². The normalized spacial score (nSPS) is 13.9. The van der Waals surface area contributed by atoms with Gasteiger partial charge in [-0.3, -0.25) is 14.7 Å². The molecule has 1 aliphatic rings. The zero-order valence-electron chi connectivity index (χ0n) is 12.8. The lowest BCUT2D eigenvalue weighted by Gasteiger charge is -2.18. The van der Waals surface area contributed by atoms with Gasteiger partial charge in [-0.25, -0.2) is 8.78 Å². The third-order valence-electron chi connectivity index (χ3n) is 3.57. The summed E-state index contributed by atoms with van der Waals surface area (Å²) in [6, 6.07) is 8.42. The number of hydrogen-bond donors (Lipinski definition) is 0. The number of thioether (sulfide) groups is 1. The lowest BCUT2D eigenvalue weighted by Crippen LogP contribution is -2.33. The molecular weight excluding hydrogens is 389 g/mol. The molecule has 8 heteroatoms. The van der Waals surface area contributed by atoms with Gasteiger partial charge in [0.25, 0.3) is 5.91 Å². The minimum Gasteiger partial charge on any atom is -0.286 e. The Balaban J connectivity index is 1.70. The Kier molecular flexibility index (Phi) is 5.61. The molecule has 0 spiro atoms. The fourth-order valence-corrected chi connectivity index (χ4v) is 3.61. The van der Waals surface area contributed by atoms with E-state index in [9.17, 15) is 13.6 Å². The molecule has 0 N–H and O–H groups in total. The highest BCUT2D eigenvalue weighted by atomic mass is 35.5. The number of nitrogens with zero attached hydrogens (tertiary/aromatic N) is 2. The number of carbonyl (C=O) groups is 1. The Hall–Kier alpha value is -1.63. The van der Waals surface area contributed by atoms with E-state index in [-0.39, 0.29) is 5.56 Å². The van der Waals surface area contributed by atoms with Gasteiger partial charge in [0.05, 0.1) is 16.6 Å². The summed E-state index contributed by atoms with van der Waals surface area (Å²) in [7, 11) is 0. The van der Waals surface area contributed by atoms with Crippen molar-refractivity contribution >= 4 is 46.0 Å². The molecule has 0 saturated carbocycles. The van der Waals surface area contributed by atoms with Gasteiger partial charge in [0.2, 0.25) is 0 Å². The van der Waals surface area contributed by atoms with Crippen molar-refractivity contribution < 1.29 is 13.6 Å². The number of halogens is 4. The molecule has 0 atom stereocenters. The van der Waals surface area contributed by atoms with Gasteiger partial charge in [-0.1, -0.05) is 41.0 Å². The molecule has 1 amide bonds. The highest BCUT2D eigenvalue weighted by Gasteiger charge is 2.25. The number of hydrogen-bond acceptors (Lipinski definition) is 3. The smallest absolute Gasteiger partial charge is 0.259 e. The highest BCUT2D eigenvalue weighted by molar-refractivity contribution is 8.13. The predicted octanol–water partition coefficient (Wildman–Crippen LogP) is 5.02. The summed E-state index contributed by atoms with van der Waals surface area (Å²) in [5.41, 5.74) is 1.03. The van der Waals surface area contributed by atoms with Crippen LogP contribution in [0.1, 0.15) is 15.9 Å². The third kappa shape index (κ3) is 4.14. The maximum atomic E-state index is 13.4. The van der Waals surface area contributed by atoms with E-state index in [4.69, 9.17) is 23.2 Å². The summed E-state index contributed by atoms with van der Waals surface area (Å²) in [6.45, 7) is 0.876. The number of carbonyl (C=O) groups excluding carboxylic acids is 1. The van der Waals surface area contributed by atoms with Crippen molar-refractivity contribution in [2.75, 3.05) is 13.1 Å². The van der Waals surface area contributed by atoms with Gasteiger partial charge in [0.1, 0.15) is 0 Å². The van der Waals surface area contributed by atoms with E-state index in [1.54, 1.807) is 12.1 Å². The second-order valence-corrected chi connectivity index (χ2v) is 7.04. The molecule has 2 aromatic carbocycles. The van der Waals surface area contributed by atoms with E-state index >= 15 is 0 Å². The van der Waals surface area contributed by atoms with Crippen LogP contribution in [0, 0.1) is 11.6 Å². The van der Waals surface area contributed by atoms with Crippen LogP contribution in [0.5, 0.6) is 0 Å². The number of benzene rings is 2. The summed E-state index contributed by atoms with van der Waals surface area (Å²) < 4.78 is 26.4. The Bertz CT molecular complexity index is 861. The molecule has 0 radical (unpaired) electrons. The van der Waals surface area contributed by atoms with Crippen LogP contribution in [-0.2, 0) is 5.75 Å². The fraction of sp³-hybridized carbons (Fsp3) is 0.176. The Labute approximate surface area is 157 Å². The second kappa shape index (κ2) is 7.72. The molecule has 2 aromatic rings. The largest absolute Gasteiger partial charge is 0.286 e. The summed E-state index contributed by atoms with van der Waals surface area (Å²) >= 11 is 13.3. The molecule has 0 aromatic heterocycles. The summed E-state index contributed by atoms with van der Waals surface area (Å²) in [6.07, 6.45) is 0. The minimum absolute atomic E-state index is 0.0867. The van der Waals surface area contributed by atoms with Crippen molar-refractivity contribution in [2.45, 2.75) is 5.75 Å². The zero-order valence-corrected chi connectivity index (χ0v) is 15.1. The quantitative estimate of drug-likeness (QED) is 0.724. The van der Waals surface area contributed by atoms with Gasteiger partial charge < -0.3 is 0 Å². The van der Waals surface area contributed by atoms with Gasteiger partial charge in [-0.2, -0.15) is 0 Å². The SMILES string of the molecule is O=C(c1ccc(F)c(F)c1)N1CCN=C1SCc1ccc(Cl)c(Cl)c1. The van der Waals surface area contributed by atoms with E-state index in [1.807, 2.05) is 6.07 Å². The standard InChI is InChI=1S/C17H12Cl2F2N2OS/c18-12-3-1-10(7-13(12)19)9-25-17-22-5-6-23(17)16(24)11-2-4-14(20)15(21)8-11/h1-4,7-8H,5-6,9H2. The van der Waals surface area contributed by atoms with Gasteiger partial charge >= 0.3 is 0 Å². The van der Waals surface area contributed by atoms with Crippen molar-refractivity contribution in [3.63, 3.8) is 0 Å². The Morgan fingerprint density at radius 2 is 1.92 bits per heavy atom. The van der Waals surface area contributed by atoms with Crippen molar-refractivity contribution in [3.05, 3.63) is 69.2 Å². The average Bonchev–Trinajstić information content (AvgIpc) is 3.06. The van der Waals surface area contributed by atoms with Gasteiger partial charge in [0, 0.05) is 17.9 Å². The van der Waals surface area contributed by atoms with Crippen LogP contribution >= 0.6 is 35.0 Å². The van der Waals surface area contributed by atoms with E-state index < -0.39 is 17.5 Å². The lowest BCUT2D eigenvalue weighted by atomic mass is 10.2. The predicted molar refractivity (Wildman–Crippen MR) is 97.5 cm³/mol. The third-order valence-corrected chi connectivity index (χ3v) is 5.39. The molecule has 25 heavy (non-hydrogen) atoms. The van der Waals surface area contributed by atoms with E-state index in [0.29, 0.717) is 34.1 Å². The van der Waals surface area contributed by atoms with E-state index in [0.717, 1.165) is 17.7 Å². The number of aliphatic imine (C=N–C) groups is 1. The maximum Gasteiger partial charge on any atom is 0.259 e. The topological polar surface area (TPSA) is 32.7 Å². The van der Waals surface area contributed by atoms with Crippen LogP contribution in [0.25, 0.3) is 0 Å². The number of amides is 1. The summed E-state index contributed by atoms with van der Waals surface area (Å²) in [4.78, 5) is 18.3. The van der Waals surface area contributed by atoms with Crippen LogP contribution in [0.15, 0.2) is 41.4 Å². The molecule has 0 fully saturated rings. The monoisotopic (exact) mass is 400 g/mol. The van der Waals surface area contributed by atoms with Gasteiger partial charge in [-0.15, -0.1) is 0 Å². The van der Waals surface area contributed by atoms with Crippen molar-refractivity contribution in [1.29, 1.82) is 0 Å². The molecule has 1 heterocycles. The van der Waals surface area contributed by atoms with Crippen LogP contribution in [-0.4, -0.2) is 29.1 Å². The number of rotatable bonds is 3. The van der Waals surface area contributed by atoms with Gasteiger partial charge in [-0.05, 0) is 35.9 Å². The second-order valence-electron chi connectivity index (χ2n) is 5.29. The van der Waals surface area contributed by atoms with Crippen molar-refractivity contribution in [1.82, 2.24) is 4.90 Å². The molecule has 130 valence electrons. The minimum atomic E-state index is -1.05. The van der Waals surface area contributed by atoms with E-state index in [1.165, 1.54) is 22.7 Å². The first-order valence-corrected chi connectivity index (χ1v) is 9.08. The molecule has 0 unspecified atom stereocenters. The van der Waals surface area contributed by atoms with Gasteiger partial charge in [0.15, 0.2) is 16.8 Å². The van der Waals surface area contributed by atoms with E-state index in [2.05, 4.69) is 4.99 Å². The zero-order chi connectivity index (χ0) is 18.0. The van der Waals surface area contributed by atoms with Crippen LogP contribution in [0.4, 0.5) is 8.78 Å². The maximum absolute atomic E-state index is 13.4. The first-order chi connectivity index (χ1) is 12.0. The number of amidine groups is 1. The highest BCUT2D eigenvalue weighted by Crippen LogP contribution is 2.27. The average molecular weight is 401 g/mol. The van der Waals surface area contributed by atoms with Crippen LogP contribution in [0.3, 0.4) is 0 Å². The Morgan fingerprint density at radius 3 is 2.64 bits per heavy atom. The Morgan fingerprint density at radius 1 is 1.12 bits per heavy atom. The molecule has 0 aliphatic carbocycles. The van der Waals surface area contributed by atoms with Crippen molar-refractivity contribution in [3.8, 4) is 0 Å². The molecule has 3 rings (SSSR count). The molecular formula is C17H12Cl2F2N2OS. The first-order valence-electron chi connectivity index (χ1n) is 7.34. The molecule has 1 aliphatic heterocycles. The molecule has 0 saturated heterocycles. The molecule has 3 nitrogen and oxygen atoms in total. The van der Waals surface area contributed by atoms with Crippen LogP contribution in [0.2, 0.25) is 10.0 Å². The summed E-state index contributed by atoms with van der Waals surface area (Å²) in [5, 5.41) is 1.48. The van der Waals surface area contributed by atoms with Crippen LogP contribution < -0.4 is 0 Å².